The van der Waals surface area contributed by atoms with Crippen LogP contribution in [0.15, 0.2) is 29.1 Å². The molecule has 0 aromatic carbocycles. The minimum Gasteiger partial charge on any atom is -0.490 e. The Morgan fingerprint density at radius 3 is 2.68 bits per heavy atom. The fraction of sp³-hybridized carbons (Fsp3) is 0.385. The molecule has 0 aliphatic carbocycles. The first-order valence-electron chi connectivity index (χ1n) is 6.24. The first kappa shape index (κ1) is 13.2. The standard InChI is InChI=1S/C13H18N4O2/c1-3-14-12-11(18-2)13(17-9-16-12)15-7-6-10-5-4-8-19-10/h4-5,8-9H,3,6-7H2,1-2H3,(H2,14,15,16,17). The van der Waals surface area contributed by atoms with Gasteiger partial charge < -0.3 is 19.8 Å². The van der Waals surface area contributed by atoms with Crippen molar-refractivity contribution in [1.82, 2.24) is 9.97 Å². The number of anilines is 2. The van der Waals surface area contributed by atoms with Gasteiger partial charge in [0.25, 0.3) is 0 Å². The highest BCUT2D eigenvalue weighted by Crippen LogP contribution is 2.28. The minimum atomic E-state index is 0.629. The summed E-state index contributed by atoms with van der Waals surface area (Å²) in [4.78, 5) is 8.35. The SMILES string of the molecule is CCNc1ncnc(NCCc2ccco2)c1OC. The summed E-state index contributed by atoms with van der Waals surface area (Å²) in [7, 11) is 1.61. The van der Waals surface area contributed by atoms with Crippen molar-refractivity contribution in [3.63, 3.8) is 0 Å². The van der Waals surface area contributed by atoms with Gasteiger partial charge in [-0.15, -0.1) is 0 Å². The molecule has 0 spiro atoms. The molecular weight excluding hydrogens is 244 g/mol. The van der Waals surface area contributed by atoms with Crippen LogP contribution < -0.4 is 15.4 Å². The first-order valence-corrected chi connectivity index (χ1v) is 6.24. The number of nitrogens with zero attached hydrogens (tertiary/aromatic N) is 2. The summed E-state index contributed by atoms with van der Waals surface area (Å²) in [5.41, 5.74) is 0. The number of hydrogen-bond donors (Lipinski definition) is 2. The van der Waals surface area contributed by atoms with Crippen LogP contribution in [0.2, 0.25) is 0 Å². The molecule has 2 aromatic rings. The third-order valence-corrected chi connectivity index (χ3v) is 2.60. The van der Waals surface area contributed by atoms with Crippen LogP contribution in [0.4, 0.5) is 11.6 Å². The Morgan fingerprint density at radius 1 is 1.26 bits per heavy atom. The highest BCUT2D eigenvalue weighted by Gasteiger charge is 2.10. The Morgan fingerprint density at radius 2 is 2.05 bits per heavy atom. The van der Waals surface area contributed by atoms with E-state index in [1.165, 1.54) is 6.33 Å². The van der Waals surface area contributed by atoms with Gasteiger partial charge in [-0.1, -0.05) is 0 Å². The van der Waals surface area contributed by atoms with Crippen LogP contribution in [0.25, 0.3) is 0 Å². The molecule has 102 valence electrons. The molecule has 6 heteroatoms. The topological polar surface area (TPSA) is 72.2 Å². The lowest BCUT2D eigenvalue weighted by Crippen LogP contribution is -2.10. The van der Waals surface area contributed by atoms with E-state index in [9.17, 15) is 0 Å². The number of nitrogens with one attached hydrogen (secondary N) is 2. The Hall–Kier alpha value is -2.24. The van der Waals surface area contributed by atoms with E-state index < -0.39 is 0 Å². The first-order chi connectivity index (χ1) is 9.35. The zero-order valence-corrected chi connectivity index (χ0v) is 11.1. The maximum Gasteiger partial charge on any atom is 0.204 e. The summed E-state index contributed by atoms with van der Waals surface area (Å²) >= 11 is 0. The third-order valence-electron chi connectivity index (χ3n) is 2.60. The van der Waals surface area contributed by atoms with Gasteiger partial charge in [-0.05, 0) is 19.1 Å². The Kier molecular flexibility index (Phi) is 4.60. The molecule has 0 atom stereocenters. The monoisotopic (exact) mass is 262 g/mol. The number of hydrogen-bond acceptors (Lipinski definition) is 6. The maximum absolute atomic E-state index is 5.34. The molecule has 0 radical (unpaired) electrons. The maximum atomic E-state index is 5.34. The largest absolute Gasteiger partial charge is 0.490 e. The Balaban J connectivity index is 2.00. The van der Waals surface area contributed by atoms with Gasteiger partial charge in [0.05, 0.1) is 13.4 Å². The highest BCUT2D eigenvalue weighted by molar-refractivity contribution is 5.63. The second kappa shape index (κ2) is 6.63. The second-order valence-electron chi connectivity index (χ2n) is 3.89. The highest BCUT2D eigenvalue weighted by atomic mass is 16.5. The lowest BCUT2D eigenvalue weighted by molar-refractivity contribution is 0.414. The molecule has 2 rings (SSSR count). The molecule has 0 aliphatic rings. The van der Waals surface area contributed by atoms with Gasteiger partial charge in [-0.2, -0.15) is 0 Å². The van der Waals surface area contributed by atoms with Crippen LogP contribution in [0.1, 0.15) is 12.7 Å². The average Bonchev–Trinajstić information content (AvgIpc) is 2.93. The quantitative estimate of drug-likeness (QED) is 0.796. The van der Waals surface area contributed by atoms with E-state index in [1.54, 1.807) is 13.4 Å². The molecule has 0 aliphatic heterocycles. The normalized spacial score (nSPS) is 10.2. The molecule has 2 aromatic heterocycles. The van der Waals surface area contributed by atoms with Crippen molar-refractivity contribution >= 4 is 11.6 Å². The molecule has 6 nitrogen and oxygen atoms in total. The zero-order valence-electron chi connectivity index (χ0n) is 11.1. The molecule has 0 fully saturated rings. The third kappa shape index (κ3) is 3.37. The molecule has 2 heterocycles. The van der Waals surface area contributed by atoms with Gasteiger partial charge in [0.15, 0.2) is 11.6 Å². The van der Waals surface area contributed by atoms with Crippen LogP contribution >= 0.6 is 0 Å². The van der Waals surface area contributed by atoms with Gasteiger partial charge in [0.2, 0.25) is 5.75 Å². The summed E-state index contributed by atoms with van der Waals surface area (Å²) in [6.07, 6.45) is 3.97. The fourth-order valence-electron chi connectivity index (χ4n) is 1.75. The van der Waals surface area contributed by atoms with Crippen molar-refractivity contribution in [1.29, 1.82) is 0 Å². The minimum absolute atomic E-state index is 0.629. The van der Waals surface area contributed by atoms with Gasteiger partial charge in [-0.25, -0.2) is 9.97 Å². The molecule has 19 heavy (non-hydrogen) atoms. The van der Waals surface area contributed by atoms with Crippen LogP contribution in [0.3, 0.4) is 0 Å². The Bertz CT molecular complexity index is 499. The van der Waals surface area contributed by atoms with E-state index in [1.807, 2.05) is 19.1 Å². The van der Waals surface area contributed by atoms with Crippen molar-refractivity contribution in [2.45, 2.75) is 13.3 Å². The van der Waals surface area contributed by atoms with E-state index in [0.29, 0.717) is 23.9 Å². The van der Waals surface area contributed by atoms with E-state index in [-0.39, 0.29) is 0 Å². The van der Waals surface area contributed by atoms with Crippen LogP contribution in [0.5, 0.6) is 5.75 Å². The van der Waals surface area contributed by atoms with E-state index >= 15 is 0 Å². The fourth-order valence-corrected chi connectivity index (χ4v) is 1.75. The predicted molar refractivity (Wildman–Crippen MR) is 73.6 cm³/mol. The summed E-state index contributed by atoms with van der Waals surface area (Å²) in [6, 6.07) is 3.83. The second-order valence-corrected chi connectivity index (χ2v) is 3.89. The van der Waals surface area contributed by atoms with Gasteiger partial charge in [-0.3, -0.25) is 0 Å². The van der Waals surface area contributed by atoms with E-state index in [4.69, 9.17) is 9.15 Å². The van der Waals surface area contributed by atoms with Crippen molar-refractivity contribution in [3.8, 4) is 5.75 Å². The van der Waals surface area contributed by atoms with E-state index in [0.717, 1.165) is 18.7 Å². The van der Waals surface area contributed by atoms with Crippen LogP contribution in [-0.2, 0) is 6.42 Å². The van der Waals surface area contributed by atoms with Gasteiger partial charge >= 0.3 is 0 Å². The molecule has 2 N–H and O–H groups in total. The van der Waals surface area contributed by atoms with Gasteiger partial charge in [0, 0.05) is 19.5 Å². The summed E-state index contributed by atoms with van der Waals surface area (Å²) in [5, 5.41) is 6.36. The van der Waals surface area contributed by atoms with Crippen LogP contribution in [0, 0.1) is 0 Å². The molecule has 0 saturated heterocycles. The molecule has 0 amide bonds. The predicted octanol–water partition coefficient (Wildman–Crippen LogP) is 2.16. The summed E-state index contributed by atoms with van der Waals surface area (Å²) < 4.78 is 10.6. The van der Waals surface area contributed by atoms with Crippen molar-refractivity contribution in [2.75, 3.05) is 30.8 Å². The lowest BCUT2D eigenvalue weighted by atomic mass is 10.3. The van der Waals surface area contributed by atoms with Crippen molar-refractivity contribution in [3.05, 3.63) is 30.5 Å². The number of rotatable bonds is 7. The van der Waals surface area contributed by atoms with Crippen molar-refractivity contribution in [2.24, 2.45) is 0 Å². The molecular formula is C13H18N4O2. The number of furan rings is 1. The van der Waals surface area contributed by atoms with Crippen LogP contribution in [-0.4, -0.2) is 30.2 Å². The average molecular weight is 262 g/mol. The van der Waals surface area contributed by atoms with Gasteiger partial charge in [0.1, 0.15) is 12.1 Å². The number of aromatic nitrogens is 2. The number of ether oxygens (including phenoxy) is 1. The number of methoxy groups -OCH3 is 1. The van der Waals surface area contributed by atoms with Crippen molar-refractivity contribution < 1.29 is 9.15 Å². The molecule has 0 bridgehead atoms. The zero-order chi connectivity index (χ0) is 13.5. The van der Waals surface area contributed by atoms with E-state index in [2.05, 4.69) is 20.6 Å². The Labute approximate surface area is 112 Å². The summed E-state index contributed by atoms with van der Waals surface area (Å²) in [5.74, 6) is 2.94. The lowest BCUT2D eigenvalue weighted by Gasteiger charge is -2.13. The molecule has 0 saturated carbocycles. The summed E-state index contributed by atoms with van der Waals surface area (Å²) in [6.45, 7) is 3.50. The smallest absolute Gasteiger partial charge is 0.204 e. The molecule has 0 unspecified atom stereocenters.